The summed E-state index contributed by atoms with van der Waals surface area (Å²) in [6.45, 7) is 5.55. The summed E-state index contributed by atoms with van der Waals surface area (Å²) in [6.07, 6.45) is 4.61. The number of ether oxygens (including phenoxy) is 1. The number of nitrogens with one attached hydrogen (secondary N) is 1. The van der Waals surface area contributed by atoms with Crippen molar-refractivity contribution < 1.29 is 14.3 Å². The minimum atomic E-state index is -0.548. The fourth-order valence-corrected chi connectivity index (χ4v) is 2.80. The van der Waals surface area contributed by atoms with Crippen LogP contribution in [0.25, 0.3) is 17.2 Å². The average Bonchev–Trinajstić information content (AvgIpc) is 3.14. The standard InChI is InChI=1S/C23H23N5O3/c1-23(2,3)20(29)17-12-25-21-19(17)27-18(13-26-21)31-16-8-6-14(7-9-16)10-15(11-24)22(30)28(4)5/h6-10,12-13H,1-5H3,(H,25,26)/b15-10+. The number of benzene rings is 1. The van der Waals surface area contributed by atoms with Crippen LogP contribution in [0.2, 0.25) is 0 Å². The second-order valence-electron chi connectivity index (χ2n) is 8.23. The second kappa shape index (κ2) is 8.40. The van der Waals surface area contributed by atoms with Gasteiger partial charge in [-0.1, -0.05) is 32.9 Å². The lowest BCUT2D eigenvalue weighted by Gasteiger charge is -2.15. The van der Waals surface area contributed by atoms with E-state index in [9.17, 15) is 14.9 Å². The van der Waals surface area contributed by atoms with Gasteiger partial charge in [0.15, 0.2) is 11.4 Å². The van der Waals surface area contributed by atoms with E-state index in [2.05, 4.69) is 15.0 Å². The van der Waals surface area contributed by atoms with Gasteiger partial charge in [0.05, 0.1) is 11.8 Å². The first kappa shape index (κ1) is 21.7. The molecule has 1 aromatic carbocycles. The van der Waals surface area contributed by atoms with Crippen LogP contribution in [0.15, 0.2) is 42.2 Å². The van der Waals surface area contributed by atoms with E-state index >= 15 is 0 Å². The van der Waals surface area contributed by atoms with Crippen molar-refractivity contribution in [2.24, 2.45) is 5.41 Å². The van der Waals surface area contributed by atoms with Crippen LogP contribution < -0.4 is 4.74 Å². The predicted molar refractivity (Wildman–Crippen MR) is 116 cm³/mol. The molecule has 0 aliphatic rings. The lowest BCUT2D eigenvalue weighted by Crippen LogP contribution is -2.22. The summed E-state index contributed by atoms with van der Waals surface area (Å²) in [5.74, 6) is 0.349. The Morgan fingerprint density at radius 3 is 2.45 bits per heavy atom. The number of hydrogen-bond donors (Lipinski definition) is 1. The molecule has 31 heavy (non-hydrogen) atoms. The van der Waals surface area contributed by atoms with E-state index in [0.717, 1.165) is 0 Å². The number of ketones is 1. The molecule has 0 radical (unpaired) electrons. The first-order chi connectivity index (χ1) is 14.6. The minimum Gasteiger partial charge on any atom is -0.437 e. The highest BCUT2D eigenvalue weighted by Crippen LogP contribution is 2.27. The number of amides is 1. The lowest BCUT2D eigenvalue weighted by atomic mass is 9.87. The van der Waals surface area contributed by atoms with Gasteiger partial charge in [0.2, 0.25) is 5.88 Å². The van der Waals surface area contributed by atoms with Gasteiger partial charge in [-0.3, -0.25) is 9.59 Å². The fraction of sp³-hybridized carbons (Fsp3) is 0.261. The van der Waals surface area contributed by atoms with Crippen molar-refractivity contribution in [3.63, 3.8) is 0 Å². The maximum Gasteiger partial charge on any atom is 0.264 e. The normalized spacial score (nSPS) is 11.8. The van der Waals surface area contributed by atoms with Crippen LogP contribution in [-0.4, -0.2) is 45.6 Å². The number of fused-ring (bicyclic) bond motifs is 1. The summed E-state index contributed by atoms with van der Waals surface area (Å²) in [4.78, 5) is 37.7. The molecule has 3 rings (SSSR count). The van der Waals surface area contributed by atoms with Gasteiger partial charge in [-0.25, -0.2) is 9.97 Å². The van der Waals surface area contributed by atoms with Gasteiger partial charge in [-0.05, 0) is 23.8 Å². The van der Waals surface area contributed by atoms with Gasteiger partial charge in [0.1, 0.15) is 22.9 Å². The molecule has 0 aliphatic heterocycles. The zero-order valence-electron chi connectivity index (χ0n) is 18.1. The molecule has 3 aromatic rings. The number of nitriles is 1. The number of rotatable bonds is 5. The van der Waals surface area contributed by atoms with Crippen LogP contribution >= 0.6 is 0 Å². The number of aromatic amines is 1. The van der Waals surface area contributed by atoms with Gasteiger partial charge in [0, 0.05) is 25.7 Å². The highest BCUT2D eigenvalue weighted by molar-refractivity contribution is 6.08. The van der Waals surface area contributed by atoms with Gasteiger partial charge in [0.25, 0.3) is 5.91 Å². The maximum absolute atomic E-state index is 12.7. The first-order valence-corrected chi connectivity index (χ1v) is 9.60. The number of nitrogens with zero attached hydrogens (tertiary/aromatic N) is 4. The minimum absolute atomic E-state index is 0.0399. The van der Waals surface area contributed by atoms with Crippen molar-refractivity contribution in [3.8, 4) is 17.7 Å². The van der Waals surface area contributed by atoms with Gasteiger partial charge >= 0.3 is 0 Å². The second-order valence-corrected chi connectivity index (χ2v) is 8.23. The lowest BCUT2D eigenvalue weighted by molar-refractivity contribution is -0.124. The van der Waals surface area contributed by atoms with Gasteiger partial charge in [-0.2, -0.15) is 5.26 Å². The number of hydrogen-bond acceptors (Lipinski definition) is 6. The monoisotopic (exact) mass is 417 g/mol. The van der Waals surface area contributed by atoms with E-state index in [1.54, 1.807) is 44.6 Å². The molecule has 0 bridgehead atoms. The Labute approximate surface area is 180 Å². The summed E-state index contributed by atoms with van der Waals surface area (Å²) >= 11 is 0. The Bertz CT molecular complexity index is 1210. The van der Waals surface area contributed by atoms with Crippen LogP contribution in [0.4, 0.5) is 0 Å². The maximum atomic E-state index is 12.7. The zero-order chi connectivity index (χ0) is 22.8. The van der Waals surface area contributed by atoms with E-state index in [1.807, 2.05) is 26.8 Å². The zero-order valence-corrected chi connectivity index (χ0v) is 18.1. The molecule has 2 aromatic heterocycles. The summed E-state index contributed by atoms with van der Waals surface area (Å²) in [7, 11) is 3.18. The van der Waals surface area contributed by atoms with E-state index < -0.39 is 5.41 Å². The molecule has 0 unspecified atom stereocenters. The fourth-order valence-electron chi connectivity index (χ4n) is 2.80. The Kier molecular flexibility index (Phi) is 5.88. The average molecular weight is 417 g/mol. The number of H-pyrrole nitrogens is 1. The molecular weight excluding hydrogens is 394 g/mol. The van der Waals surface area contributed by atoms with Crippen molar-refractivity contribution >= 4 is 28.9 Å². The Morgan fingerprint density at radius 2 is 1.87 bits per heavy atom. The van der Waals surface area contributed by atoms with E-state index in [-0.39, 0.29) is 23.1 Å². The molecule has 8 heteroatoms. The molecule has 0 saturated heterocycles. The molecule has 2 heterocycles. The molecular formula is C23H23N5O3. The van der Waals surface area contributed by atoms with Crippen LogP contribution in [0.5, 0.6) is 11.6 Å². The predicted octanol–water partition coefficient (Wildman–Crippen LogP) is 3.97. The molecule has 8 nitrogen and oxygen atoms in total. The highest BCUT2D eigenvalue weighted by atomic mass is 16.5. The van der Waals surface area contributed by atoms with Crippen molar-refractivity contribution in [2.75, 3.05) is 14.1 Å². The van der Waals surface area contributed by atoms with Crippen LogP contribution in [0, 0.1) is 16.7 Å². The largest absolute Gasteiger partial charge is 0.437 e. The molecule has 0 saturated carbocycles. The molecule has 1 amide bonds. The summed E-state index contributed by atoms with van der Waals surface area (Å²) < 4.78 is 5.79. The van der Waals surface area contributed by atoms with Crippen LogP contribution in [-0.2, 0) is 4.79 Å². The number of aromatic nitrogens is 3. The first-order valence-electron chi connectivity index (χ1n) is 9.60. The van der Waals surface area contributed by atoms with E-state index in [0.29, 0.717) is 28.0 Å². The smallest absolute Gasteiger partial charge is 0.264 e. The highest BCUT2D eigenvalue weighted by Gasteiger charge is 2.26. The molecule has 0 fully saturated rings. The Balaban J connectivity index is 1.84. The summed E-state index contributed by atoms with van der Waals surface area (Å²) in [5.41, 5.74) is 1.61. The van der Waals surface area contributed by atoms with Crippen molar-refractivity contribution in [1.29, 1.82) is 5.26 Å². The third-order valence-corrected chi connectivity index (χ3v) is 4.46. The number of carbonyl (C=O) groups is 2. The van der Waals surface area contributed by atoms with Crippen molar-refractivity contribution in [1.82, 2.24) is 19.9 Å². The Hall–Kier alpha value is -3.99. The number of carbonyl (C=O) groups excluding carboxylic acids is 2. The molecule has 158 valence electrons. The summed E-state index contributed by atoms with van der Waals surface area (Å²) in [6, 6.07) is 8.77. The van der Waals surface area contributed by atoms with Gasteiger partial charge in [-0.15, -0.1) is 0 Å². The van der Waals surface area contributed by atoms with Crippen molar-refractivity contribution in [3.05, 3.63) is 53.4 Å². The van der Waals surface area contributed by atoms with E-state index in [4.69, 9.17) is 4.74 Å². The third kappa shape index (κ3) is 4.78. The van der Waals surface area contributed by atoms with Crippen molar-refractivity contribution in [2.45, 2.75) is 20.8 Å². The molecule has 0 spiro atoms. The summed E-state index contributed by atoms with van der Waals surface area (Å²) in [5, 5.41) is 9.20. The van der Waals surface area contributed by atoms with E-state index in [1.165, 1.54) is 17.2 Å². The third-order valence-electron chi connectivity index (χ3n) is 4.46. The number of likely N-dealkylation sites (N-methyl/N-ethyl adjacent to an activating group) is 1. The Morgan fingerprint density at radius 1 is 1.19 bits per heavy atom. The molecule has 1 N–H and O–H groups in total. The molecule has 0 atom stereocenters. The van der Waals surface area contributed by atoms with Gasteiger partial charge < -0.3 is 14.6 Å². The topological polar surface area (TPSA) is 112 Å². The van der Waals surface area contributed by atoms with Crippen LogP contribution in [0.3, 0.4) is 0 Å². The molecule has 0 aliphatic carbocycles. The quantitative estimate of drug-likeness (QED) is 0.382. The van der Waals surface area contributed by atoms with Crippen LogP contribution in [0.1, 0.15) is 36.7 Å². The number of Topliss-reactive ketones (excluding diaryl/α,β-unsaturated/α-hetero) is 1. The SMILES string of the molecule is CN(C)C(=O)/C(C#N)=C/c1ccc(Oc2cnc3[nH]cc(C(=O)C(C)(C)C)c3n2)cc1.